The van der Waals surface area contributed by atoms with Crippen LogP contribution >= 0.6 is 0 Å². The van der Waals surface area contributed by atoms with Crippen molar-refractivity contribution in [3.63, 3.8) is 0 Å². The van der Waals surface area contributed by atoms with E-state index in [1.807, 2.05) is 78.9 Å². The van der Waals surface area contributed by atoms with Gasteiger partial charge >= 0.3 is 0 Å². The molecule has 0 aliphatic carbocycles. The molecule has 0 heterocycles. The first kappa shape index (κ1) is 16.6. The second-order valence-electron chi connectivity index (χ2n) is 5.38. The Morgan fingerprint density at radius 2 is 1.48 bits per heavy atom. The molecule has 0 saturated heterocycles. The summed E-state index contributed by atoms with van der Waals surface area (Å²) in [4.78, 5) is 4.76. The Morgan fingerprint density at radius 1 is 0.760 bits per heavy atom. The molecule has 0 aliphatic rings. The zero-order chi connectivity index (χ0) is 17.5. The molecule has 0 amide bonds. The van der Waals surface area contributed by atoms with Crippen molar-refractivity contribution >= 4 is 17.2 Å². The van der Waals surface area contributed by atoms with E-state index < -0.39 is 0 Å². The van der Waals surface area contributed by atoms with Crippen molar-refractivity contribution in [1.82, 2.24) is 0 Å². The summed E-state index contributed by atoms with van der Waals surface area (Å²) in [6.07, 6.45) is 0. The molecule has 0 saturated carbocycles. The van der Waals surface area contributed by atoms with E-state index in [4.69, 9.17) is 14.5 Å². The fourth-order valence-corrected chi connectivity index (χ4v) is 2.38. The van der Waals surface area contributed by atoms with Crippen LogP contribution in [0.4, 0.5) is 11.4 Å². The standard InChI is InChI=1S/C21H20N2O2/c1-24-19-13-11-16(12-14-19)21(22-17-7-4-3-5-8-17)23-18-9-6-10-20(15-18)25-2/h3-15H,1-2H3,(H,22,23). The zero-order valence-corrected chi connectivity index (χ0v) is 14.3. The maximum Gasteiger partial charge on any atom is 0.138 e. The number of hydrogen-bond donors (Lipinski definition) is 1. The monoisotopic (exact) mass is 332 g/mol. The maximum atomic E-state index is 5.29. The van der Waals surface area contributed by atoms with Gasteiger partial charge in [-0.2, -0.15) is 0 Å². The summed E-state index contributed by atoms with van der Waals surface area (Å²) in [5, 5.41) is 3.39. The number of rotatable bonds is 5. The summed E-state index contributed by atoms with van der Waals surface area (Å²) in [6, 6.07) is 25.4. The van der Waals surface area contributed by atoms with Crippen LogP contribution in [0.25, 0.3) is 0 Å². The van der Waals surface area contributed by atoms with Crippen molar-refractivity contribution in [2.45, 2.75) is 0 Å². The Balaban J connectivity index is 1.97. The first-order chi connectivity index (χ1) is 12.3. The van der Waals surface area contributed by atoms with E-state index in [0.717, 1.165) is 34.3 Å². The largest absolute Gasteiger partial charge is 0.497 e. The van der Waals surface area contributed by atoms with Crippen molar-refractivity contribution in [3.8, 4) is 11.5 Å². The quantitative estimate of drug-likeness (QED) is 0.534. The number of hydrogen-bond acceptors (Lipinski definition) is 3. The maximum absolute atomic E-state index is 5.29. The summed E-state index contributed by atoms with van der Waals surface area (Å²) < 4.78 is 10.5. The van der Waals surface area contributed by atoms with Gasteiger partial charge in [-0.05, 0) is 48.5 Å². The molecule has 3 aromatic rings. The summed E-state index contributed by atoms with van der Waals surface area (Å²) in [5.41, 5.74) is 2.75. The van der Waals surface area contributed by atoms with Crippen LogP contribution in [0.1, 0.15) is 5.56 Å². The van der Waals surface area contributed by atoms with Crippen LogP contribution in [0.15, 0.2) is 83.9 Å². The molecule has 0 spiro atoms. The van der Waals surface area contributed by atoms with Gasteiger partial charge < -0.3 is 14.8 Å². The van der Waals surface area contributed by atoms with Gasteiger partial charge in [0.2, 0.25) is 0 Å². The number of anilines is 1. The molecule has 3 rings (SSSR count). The topological polar surface area (TPSA) is 42.8 Å². The third-order valence-electron chi connectivity index (χ3n) is 3.69. The van der Waals surface area contributed by atoms with Gasteiger partial charge in [0.15, 0.2) is 0 Å². The smallest absolute Gasteiger partial charge is 0.138 e. The van der Waals surface area contributed by atoms with E-state index in [1.165, 1.54) is 0 Å². The number of ether oxygens (including phenoxy) is 2. The van der Waals surface area contributed by atoms with Crippen LogP contribution in [-0.2, 0) is 0 Å². The molecule has 25 heavy (non-hydrogen) atoms. The average Bonchev–Trinajstić information content (AvgIpc) is 2.68. The summed E-state index contributed by atoms with van der Waals surface area (Å²) >= 11 is 0. The zero-order valence-electron chi connectivity index (χ0n) is 14.3. The molecule has 0 aromatic heterocycles. The third-order valence-corrected chi connectivity index (χ3v) is 3.69. The van der Waals surface area contributed by atoms with Gasteiger partial charge in [0.05, 0.1) is 19.9 Å². The molecule has 3 aromatic carbocycles. The molecule has 0 bridgehead atoms. The lowest BCUT2D eigenvalue weighted by atomic mass is 10.2. The fraction of sp³-hybridized carbons (Fsp3) is 0.0952. The molecule has 126 valence electrons. The highest BCUT2D eigenvalue weighted by molar-refractivity contribution is 6.09. The van der Waals surface area contributed by atoms with Crippen LogP contribution in [0.5, 0.6) is 11.5 Å². The lowest BCUT2D eigenvalue weighted by Crippen LogP contribution is -2.13. The number of aliphatic imine (C=N–C) groups is 1. The highest BCUT2D eigenvalue weighted by Gasteiger charge is 2.06. The van der Waals surface area contributed by atoms with E-state index in [1.54, 1.807) is 14.2 Å². The second kappa shape index (κ2) is 8.02. The predicted octanol–water partition coefficient (Wildman–Crippen LogP) is 4.89. The number of methoxy groups -OCH3 is 2. The minimum atomic E-state index is 0.752. The summed E-state index contributed by atoms with van der Waals surface area (Å²) in [5.74, 6) is 2.35. The number of nitrogens with zero attached hydrogens (tertiary/aromatic N) is 1. The molecule has 0 aliphatic heterocycles. The van der Waals surface area contributed by atoms with Gasteiger partial charge in [0, 0.05) is 17.3 Å². The van der Waals surface area contributed by atoms with E-state index in [0.29, 0.717) is 0 Å². The van der Waals surface area contributed by atoms with Gasteiger partial charge in [0.25, 0.3) is 0 Å². The van der Waals surface area contributed by atoms with E-state index in [9.17, 15) is 0 Å². The van der Waals surface area contributed by atoms with Gasteiger partial charge in [-0.3, -0.25) is 0 Å². The van der Waals surface area contributed by atoms with Crippen LogP contribution in [0, 0.1) is 0 Å². The molecule has 0 atom stereocenters. The fourth-order valence-electron chi connectivity index (χ4n) is 2.38. The minimum Gasteiger partial charge on any atom is -0.497 e. The van der Waals surface area contributed by atoms with E-state index in [-0.39, 0.29) is 0 Å². The Labute approximate surface area is 147 Å². The van der Waals surface area contributed by atoms with Crippen molar-refractivity contribution in [3.05, 3.63) is 84.4 Å². The lowest BCUT2D eigenvalue weighted by Gasteiger charge is -2.12. The normalized spacial score (nSPS) is 11.0. The molecule has 0 fully saturated rings. The Morgan fingerprint density at radius 3 is 2.16 bits per heavy atom. The van der Waals surface area contributed by atoms with Crippen molar-refractivity contribution in [2.75, 3.05) is 19.5 Å². The summed E-state index contributed by atoms with van der Waals surface area (Å²) in [7, 11) is 3.31. The molecule has 1 N–H and O–H groups in total. The minimum absolute atomic E-state index is 0.752. The Bertz CT molecular complexity index is 843. The second-order valence-corrected chi connectivity index (χ2v) is 5.38. The van der Waals surface area contributed by atoms with Crippen molar-refractivity contribution in [2.24, 2.45) is 4.99 Å². The highest BCUT2D eigenvalue weighted by Crippen LogP contribution is 2.21. The van der Waals surface area contributed by atoms with E-state index >= 15 is 0 Å². The van der Waals surface area contributed by atoms with Crippen LogP contribution < -0.4 is 14.8 Å². The van der Waals surface area contributed by atoms with Gasteiger partial charge in [-0.25, -0.2) is 4.99 Å². The van der Waals surface area contributed by atoms with Crippen molar-refractivity contribution < 1.29 is 9.47 Å². The van der Waals surface area contributed by atoms with Crippen molar-refractivity contribution in [1.29, 1.82) is 0 Å². The molecule has 0 unspecified atom stereocenters. The number of para-hydroxylation sites is 1. The first-order valence-electron chi connectivity index (χ1n) is 7.98. The predicted molar refractivity (Wildman–Crippen MR) is 102 cm³/mol. The highest BCUT2D eigenvalue weighted by atomic mass is 16.5. The number of amidine groups is 1. The Kier molecular flexibility index (Phi) is 5.32. The van der Waals surface area contributed by atoms with Gasteiger partial charge in [-0.1, -0.05) is 24.3 Å². The summed E-state index contributed by atoms with van der Waals surface area (Å²) in [6.45, 7) is 0. The molecule has 0 radical (unpaired) electrons. The van der Waals surface area contributed by atoms with Gasteiger partial charge in [-0.15, -0.1) is 0 Å². The first-order valence-corrected chi connectivity index (χ1v) is 7.98. The van der Waals surface area contributed by atoms with Crippen LogP contribution in [0.3, 0.4) is 0 Å². The average molecular weight is 332 g/mol. The lowest BCUT2D eigenvalue weighted by molar-refractivity contribution is 0.415. The van der Waals surface area contributed by atoms with Crippen LogP contribution in [0.2, 0.25) is 0 Å². The molecule has 4 heteroatoms. The number of nitrogens with one attached hydrogen (secondary N) is 1. The van der Waals surface area contributed by atoms with E-state index in [2.05, 4.69) is 5.32 Å². The molecular weight excluding hydrogens is 312 g/mol. The van der Waals surface area contributed by atoms with Gasteiger partial charge in [0.1, 0.15) is 17.3 Å². The third kappa shape index (κ3) is 4.38. The van der Waals surface area contributed by atoms with Crippen LogP contribution in [-0.4, -0.2) is 20.1 Å². The molecular formula is C21H20N2O2. The SMILES string of the molecule is COc1ccc(C(=Nc2ccccc2)Nc2cccc(OC)c2)cc1. The Hall–Kier alpha value is -3.27. The molecule has 4 nitrogen and oxygen atoms in total. The number of benzene rings is 3.